The molecule has 0 aromatic carbocycles. The molecule has 3 N–H and O–H groups in total. The molecule has 11 heteroatoms. The highest BCUT2D eigenvalue weighted by molar-refractivity contribution is 5.86. The van der Waals surface area contributed by atoms with Crippen molar-refractivity contribution in [3.63, 3.8) is 0 Å². The molecule has 0 unspecified atom stereocenters. The fourth-order valence-corrected chi connectivity index (χ4v) is 2.26. The number of halogens is 9. The Labute approximate surface area is 224 Å². The van der Waals surface area contributed by atoms with E-state index in [1.807, 2.05) is 0 Å². The Kier molecular flexibility index (Phi) is 147. The van der Waals surface area contributed by atoms with E-state index < -0.39 is 0 Å². The molecule has 0 aromatic heterocycles. The Balaban J connectivity index is -0.0000000401. The lowest BCUT2D eigenvalue weighted by Gasteiger charge is -2.05. The Morgan fingerprint density at radius 3 is 1.07 bits per heavy atom. The standard InChI is InChI=1S/C16H36N2.9ClH/c1-2-3-4-5-6-7-9-12-15-18-16-13-10-8-11-14-17;;;;;;;;;/h18H,2-17H2,1H3;9*1H. The van der Waals surface area contributed by atoms with Crippen molar-refractivity contribution < 1.29 is 0 Å². The zero-order valence-electron chi connectivity index (χ0n) is 16.4. The van der Waals surface area contributed by atoms with Crippen LogP contribution >= 0.6 is 112 Å². The molecule has 0 amide bonds. The summed E-state index contributed by atoms with van der Waals surface area (Å²) in [4.78, 5) is 0. The van der Waals surface area contributed by atoms with Gasteiger partial charge in [0, 0.05) is 0 Å². The van der Waals surface area contributed by atoms with Gasteiger partial charge in [-0.15, -0.1) is 112 Å². The Morgan fingerprint density at radius 1 is 0.444 bits per heavy atom. The lowest BCUT2D eigenvalue weighted by Crippen LogP contribution is -2.16. The van der Waals surface area contributed by atoms with Crippen molar-refractivity contribution >= 4 is 112 Å². The summed E-state index contributed by atoms with van der Waals surface area (Å²) in [6.45, 7) is 5.54. The largest absolute Gasteiger partial charge is 0.330 e. The van der Waals surface area contributed by atoms with Crippen LogP contribution in [0.3, 0.4) is 0 Å². The van der Waals surface area contributed by atoms with Gasteiger partial charge in [-0.2, -0.15) is 0 Å². The minimum absolute atomic E-state index is 0. The first kappa shape index (κ1) is 63.0. The van der Waals surface area contributed by atoms with Gasteiger partial charge in [-0.25, -0.2) is 0 Å². The fraction of sp³-hybridized carbons (Fsp3) is 1.00. The van der Waals surface area contributed by atoms with Gasteiger partial charge in [0.1, 0.15) is 0 Å². The predicted molar refractivity (Wildman–Crippen MR) is 148 cm³/mol. The van der Waals surface area contributed by atoms with Crippen LogP contribution in [0.5, 0.6) is 0 Å². The van der Waals surface area contributed by atoms with Crippen molar-refractivity contribution in [2.45, 2.75) is 84.0 Å². The summed E-state index contributed by atoms with van der Waals surface area (Å²) in [6.07, 6.45) is 16.5. The highest BCUT2D eigenvalue weighted by Gasteiger charge is 1.92. The van der Waals surface area contributed by atoms with Crippen molar-refractivity contribution in [3.05, 3.63) is 0 Å². The number of hydrogen-bond donors (Lipinski definition) is 2. The topological polar surface area (TPSA) is 38.0 Å². The summed E-state index contributed by atoms with van der Waals surface area (Å²) in [7, 11) is 0. The zero-order chi connectivity index (χ0) is 13.3. The lowest BCUT2D eigenvalue weighted by atomic mass is 10.1. The number of hydrogen-bond acceptors (Lipinski definition) is 2. The van der Waals surface area contributed by atoms with Crippen molar-refractivity contribution in [2.24, 2.45) is 5.73 Å². The van der Waals surface area contributed by atoms with Gasteiger partial charge in [-0.05, 0) is 38.9 Å². The van der Waals surface area contributed by atoms with E-state index in [0.29, 0.717) is 0 Å². The van der Waals surface area contributed by atoms with Gasteiger partial charge in [-0.1, -0.05) is 64.7 Å². The molecule has 0 bridgehead atoms. The van der Waals surface area contributed by atoms with Gasteiger partial charge in [0.15, 0.2) is 0 Å². The fourth-order valence-electron chi connectivity index (χ4n) is 2.26. The second kappa shape index (κ2) is 63.0. The van der Waals surface area contributed by atoms with Crippen molar-refractivity contribution in [2.75, 3.05) is 19.6 Å². The highest BCUT2D eigenvalue weighted by Crippen LogP contribution is 2.07. The summed E-state index contributed by atoms with van der Waals surface area (Å²) in [5.74, 6) is 0. The molecule has 0 spiro atoms. The van der Waals surface area contributed by atoms with Crippen molar-refractivity contribution in [1.82, 2.24) is 5.32 Å². The molecule has 0 aromatic rings. The van der Waals surface area contributed by atoms with Crippen LogP contribution in [-0.4, -0.2) is 19.6 Å². The first-order valence-corrected chi connectivity index (χ1v) is 8.32. The molecule has 0 fully saturated rings. The minimum Gasteiger partial charge on any atom is -0.330 e. The average Bonchev–Trinajstić information content (AvgIpc) is 2.39. The quantitative estimate of drug-likeness (QED) is 0.191. The maximum atomic E-state index is 5.46. The average molecular weight is 585 g/mol. The predicted octanol–water partition coefficient (Wildman–Crippen LogP) is 8.03. The number of nitrogens with two attached hydrogens (primary N) is 1. The Hall–Kier alpha value is 2.53. The molecular formula is C16H45Cl9N2. The van der Waals surface area contributed by atoms with Gasteiger partial charge in [-0.3, -0.25) is 0 Å². The maximum Gasteiger partial charge on any atom is -0.00489 e. The second-order valence-corrected chi connectivity index (χ2v) is 5.43. The summed E-state index contributed by atoms with van der Waals surface area (Å²) in [5, 5.41) is 3.54. The molecule has 0 heterocycles. The molecule has 0 aliphatic heterocycles. The lowest BCUT2D eigenvalue weighted by molar-refractivity contribution is 0.541. The second-order valence-electron chi connectivity index (χ2n) is 5.43. The van der Waals surface area contributed by atoms with Crippen LogP contribution in [0, 0.1) is 0 Å². The van der Waals surface area contributed by atoms with Crippen LogP contribution in [0.1, 0.15) is 84.0 Å². The molecule has 2 nitrogen and oxygen atoms in total. The van der Waals surface area contributed by atoms with Crippen LogP contribution in [0.4, 0.5) is 0 Å². The van der Waals surface area contributed by atoms with Crippen molar-refractivity contribution in [1.29, 1.82) is 0 Å². The number of nitrogens with one attached hydrogen (secondary N) is 1. The third-order valence-electron chi connectivity index (χ3n) is 3.51. The molecule has 27 heavy (non-hydrogen) atoms. The molecule has 0 atom stereocenters. The first-order valence-electron chi connectivity index (χ1n) is 8.32. The molecule has 0 rings (SSSR count). The molecule has 0 radical (unpaired) electrons. The molecule has 182 valence electrons. The smallest absolute Gasteiger partial charge is 0.00489 e. The van der Waals surface area contributed by atoms with Gasteiger partial charge in [0.05, 0.1) is 0 Å². The summed E-state index contributed by atoms with van der Waals surface area (Å²) in [5.41, 5.74) is 5.46. The van der Waals surface area contributed by atoms with Crippen LogP contribution in [0.2, 0.25) is 0 Å². The van der Waals surface area contributed by atoms with E-state index in [-0.39, 0.29) is 112 Å². The molecule has 0 aliphatic carbocycles. The van der Waals surface area contributed by atoms with Crippen LogP contribution in [0.15, 0.2) is 0 Å². The third kappa shape index (κ3) is 65.3. The SMILES string of the molecule is CCCCCCCCCCNCCCCCCN.Cl.Cl.Cl.Cl.Cl.Cl.Cl.Cl.Cl. The van der Waals surface area contributed by atoms with E-state index in [4.69, 9.17) is 5.73 Å². The third-order valence-corrected chi connectivity index (χ3v) is 3.51. The van der Waals surface area contributed by atoms with Crippen LogP contribution in [0.25, 0.3) is 0 Å². The first-order chi connectivity index (χ1) is 8.91. The Morgan fingerprint density at radius 2 is 0.741 bits per heavy atom. The van der Waals surface area contributed by atoms with Gasteiger partial charge < -0.3 is 11.1 Å². The molecule has 0 saturated heterocycles. The van der Waals surface area contributed by atoms with E-state index >= 15 is 0 Å². The van der Waals surface area contributed by atoms with E-state index in [9.17, 15) is 0 Å². The van der Waals surface area contributed by atoms with Gasteiger partial charge in [0.2, 0.25) is 0 Å². The van der Waals surface area contributed by atoms with Crippen LogP contribution in [-0.2, 0) is 0 Å². The van der Waals surface area contributed by atoms with Gasteiger partial charge in [0.25, 0.3) is 0 Å². The summed E-state index contributed by atoms with van der Waals surface area (Å²) < 4.78 is 0. The molecule has 0 saturated carbocycles. The minimum atomic E-state index is 0. The van der Waals surface area contributed by atoms with E-state index in [1.165, 1.54) is 90.1 Å². The monoisotopic (exact) mass is 580 g/mol. The van der Waals surface area contributed by atoms with E-state index in [0.717, 1.165) is 6.54 Å². The van der Waals surface area contributed by atoms with E-state index in [2.05, 4.69) is 12.2 Å². The maximum absolute atomic E-state index is 5.46. The number of unbranched alkanes of at least 4 members (excludes halogenated alkanes) is 10. The molecular weight excluding hydrogens is 539 g/mol. The highest BCUT2D eigenvalue weighted by atomic mass is 35.5. The van der Waals surface area contributed by atoms with Crippen molar-refractivity contribution in [3.8, 4) is 0 Å². The zero-order valence-corrected chi connectivity index (χ0v) is 23.7. The summed E-state index contributed by atoms with van der Waals surface area (Å²) in [6, 6.07) is 0. The summed E-state index contributed by atoms with van der Waals surface area (Å²) >= 11 is 0. The molecule has 0 aliphatic rings. The number of rotatable bonds is 15. The normalized spacial score (nSPS) is 7.33. The van der Waals surface area contributed by atoms with Crippen LogP contribution < -0.4 is 11.1 Å². The van der Waals surface area contributed by atoms with E-state index in [1.54, 1.807) is 0 Å². The Bertz CT molecular complexity index is 146. The van der Waals surface area contributed by atoms with Gasteiger partial charge >= 0.3 is 0 Å².